The fraction of sp³-hybridized carbons (Fsp3) is 0.364. The minimum absolute atomic E-state index is 0.0861. The van der Waals surface area contributed by atoms with Crippen LogP contribution in [0.25, 0.3) is 0 Å². The number of alkyl halides is 3. The number of carbonyl (C=O) groups excluding carboxylic acids is 1. The van der Waals surface area contributed by atoms with Crippen molar-refractivity contribution in [1.29, 1.82) is 0 Å². The topological polar surface area (TPSA) is 65.5 Å². The van der Waals surface area contributed by atoms with Gasteiger partial charge in [0.15, 0.2) is 5.96 Å². The zero-order chi connectivity index (χ0) is 22.0. The van der Waals surface area contributed by atoms with Gasteiger partial charge in [-0.25, -0.2) is 0 Å². The minimum atomic E-state index is -4.34. The molecule has 0 radical (unpaired) electrons. The zero-order valence-corrected chi connectivity index (χ0v) is 17.1. The highest BCUT2D eigenvalue weighted by Gasteiger charge is 2.29. The van der Waals surface area contributed by atoms with Gasteiger partial charge in [-0.3, -0.25) is 9.79 Å². The lowest BCUT2D eigenvalue weighted by Crippen LogP contribution is -2.36. The molecule has 0 aliphatic rings. The molecule has 0 aliphatic carbocycles. The van der Waals surface area contributed by atoms with Crippen molar-refractivity contribution in [2.75, 3.05) is 13.6 Å². The Morgan fingerprint density at radius 2 is 1.43 bits per heavy atom. The molecule has 0 fully saturated rings. The molecule has 8 heteroatoms. The molecule has 0 unspecified atom stereocenters. The average Bonchev–Trinajstić information content (AvgIpc) is 2.74. The van der Waals surface area contributed by atoms with Crippen molar-refractivity contribution in [2.24, 2.45) is 4.99 Å². The SMILES string of the molecule is CCCCNC(=O)c1ccc(CNC(=NC)NCc2ccc(C(F)(F)F)cc2)cc1. The third kappa shape index (κ3) is 7.42. The molecule has 0 atom stereocenters. The summed E-state index contributed by atoms with van der Waals surface area (Å²) in [5, 5.41) is 9.08. The Kier molecular flexibility index (Phi) is 8.70. The van der Waals surface area contributed by atoms with Gasteiger partial charge in [-0.15, -0.1) is 0 Å². The molecule has 162 valence electrons. The fourth-order valence-electron chi connectivity index (χ4n) is 2.66. The van der Waals surface area contributed by atoms with E-state index in [0.717, 1.165) is 30.5 Å². The standard InChI is InChI=1S/C22H27F3N4O/c1-3-4-13-27-20(30)18-9-5-16(6-10-18)14-28-21(26-2)29-15-17-7-11-19(12-8-17)22(23,24)25/h5-12H,3-4,13-15H2,1-2H3,(H,27,30)(H2,26,28,29). The summed E-state index contributed by atoms with van der Waals surface area (Å²) in [6.07, 6.45) is -2.36. The van der Waals surface area contributed by atoms with Gasteiger partial charge in [0.25, 0.3) is 5.91 Å². The minimum Gasteiger partial charge on any atom is -0.352 e. The van der Waals surface area contributed by atoms with E-state index >= 15 is 0 Å². The van der Waals surface area contributed by atoms with Crippen LogP contribution in [0.15, 0.2) is 53.5 Å². The first kappa shape index (κ1) is 23.3. The van der Waals surface area contributed by atoms with Gasteiger partial charge in [0.2, 0.25) is 0 Å². The smallest absolute Gasteiger partial charge is 0.352 e. The molecule has 0 heterocycles. The first-order valence-corrected chi connectivity index (χ1v) is 9.81. The Labute approximate surface area is 174 Å². The maximum absolute atomic E-state index is 12.6. The van der Waals surface area contributed by atoms with E-state index < -0.39 is 11.7 Å². The summed E-state index contributed by atoms with van der Waals surface area (Å²) in [5.41, 5.74) is 1.62. The normalized spacial score (nSPS) is 11.8. The van der Waals surface area contributed by atoms with Crippen LogP contribution in [-0.4, -0.2) is 25.5 Å². The number of aliphatic imine (C=N–C) groups is 1. The van der Waals surface area contributed by atoms with Crippen LogP contribution in [0.2, 0.25) is 0 Å². The number of carbonyl (C=O) groups is 1. The summed E-state index contributed by atoms with van der Waals surface area (Å²) in [4.78, 5) is 16.1. The number of nitrogens with zero attached hydrogens (tertiary/aromatic N) is 1. The summed E-state index contributed by atoms with van der Waals surface area (Å²) < 4.78 is 37.9. The zero-order valence-electron chi connectivity index (χ0n) is 17.1. The van der Waals surface area contributed by atoms with Crippen LogP contribution in [0.4, 0.5) is 13.2 Å². The summed E-state index contributed by atoms with van der Waals surface area (Å²) in [6.45, 7) is 3.57. The van der Waals surface area contributed by atoms with Gasteiger partial charge < -0.3 is 16.0 Å². The van der Waals surface area contributed by atoms with Crippen molar-refractivity contribution in [3.8, 4) is 0 Å². The molecule has 0 aromatic heterocycles. The summed E-state index contributed by atoms with van der Waals surface area (Å²) >= 11 is 0. The molecule has 1 amide bonds. The van der Waals surface area contributed by atoms with Crippen molar-refractivity contribution in [3.05, 3.63) is 70.8 Å². The Morgan fingerprint density at radius 1 is 0.900 bits per heavy atom. The van der Waals surface area contributed by atoms with Crippen LogP contribution in [0.3, 0.4) is 0 Å². The fourth-order valence-corrected chi connectivity index (χ4v) is 2.66. The third-order valence-corrected chi connectivity index (χ3v) is 4.46. The van der Waals surface area contributed by atoms with Crippen molar-refractivity contribution < 1.29 is 18.0 Å². The monoisotopic (exact) mass is 420 g/mol. The Bertz CT molecular complexity index is 831. The molecule has 0 aliphatic heterocycles. The largest absolute Gasteiger partial charge is 0.416 e. The molecular weight excluding hydrogens is 393 g/mol. The van der Waals surface area contributed by atoms with Crippen LogP contribution in [0.1, 0.15) is 46.8 Å². The number of rotatable bonds is 8. The second-order valence-electron chi connectivity index (χ2n) is 6.78. The van der Waals surface area contributed by atoms with Crippen LogP contribution < -0.4 is 16.0 Å². The van der Waals surface area contributed by atoms with E-state index in [1.54, 1.807) is 19.2 Å². The maximum Gasteiger partial charge on any atom is 0.416 e. The summed E-state index contributed by atoms with van der Waals surface area (Å²) in [5.74, 6) is 0.438. The van der Waals surface area contributed by atoms with Crippen LogP contribution >= 0.6 is 0 Å². The lowest BCUT2D eigenvalue weighted by Gasteiger charge is -2.13. The van der Waals surface area contributed by atoms with E-state index in [9.17, 15) is 18.0 Å². The predicted molar refractivity (Wildman–Crippen MR) is 112 cm³/mol. The molecule has 0 saturated carbocycles. The van der Waals surface area contributed by atoms with Gasteiger partial charge in [0.1, 0.15) is 0 Å². The van der Waals surface area contributed by atoms with Gasteiger partial charge in [-0.05, 0) is 41.8 Å². The molecule has 2 aromatic rings. The van der Waals surface area contributed by atoms with E-state index in [1.165, 1.54) is 12.1 Å². The number of halogens is 3. The van der Waals surface area contributed by atoms with Crippen molar-refractivity contribution >= 4 is 11.9 Å². The summed E-state index contributed by atoms with van der Waals surface area (Å²) in [7, 11) is 1.62. The van der Waals surface area contributed by atoms with E-state index in [1.807, 2.05) is 12.1 Å². The van der Waals surface area contributed by atoms with Crippen LogP contribution in [0.5, 0.6) is 0 Å². The van der Waals surface area contributed by atoms with E-state index in [0.29, 0.717) is 36.7 Å². The van der Waals surface area contributed by atoms with Crippen molar-refractivity contribution in [1.82, 2.24) is 16.0 Å². The number of hydrogen-bond acceptors (Lipinski definition) is 2. The molecule has 5 nitrogen and oxygen atoms in total. The van der Waals surface area contributed by atoms with E-state index in [-0.39, 0.29) is 5.91 Å². The molecule has 2 aromatic carbocycles. The highest BCUT2D eigenvalue weighted by molar-refractivity contribution is 5.94. The number of guanidine groups is 1. The van der Waals surface area contributed by atoms with Crippen molar-refractivity contribution in [3.63, 3.8) is 0 Å². The third-order valence-electron chi connectivity index (χ3n) is 4.46. The molecule has 3 N–H and O–H groups in total. The number of hydrogen-bond donors (Lipinski definition) is 3. The first-order valence-electron chi connectivity index (χ1n) is 9.81. The number of nitrogens with one attached hydrogen (secondary N) is 3. The van der Waals surface area contributed by atoms with Gasteiger partial charge >= 0.3 is 6.18 Å². The average molecular weight is 420 g/mol. The quantitative estimate of drug-likeness (QED) is 0.342. The molecule has 0 saturated heterocycles. The summed E-state index contributed by atoms with van der Waals surface area (Å²) in [6, 6.07) is 12.3. The van der Waals surface area contributed by atoms with Gasteiger partial charge in [-0.2, -0.15) is 13.2 Å². The molecular formula is C22H27F3N4O. The molecule has 0 spiro atoms. The number of amides is 1. The van der Waals surface area contributed by atoms with E-state index in [4.69, 9.17) is 0 Å². The molecule has 30 heavy (non-hydrogen) atoms. The second-order valence-corrected chi connectivity index (χ2v) is 6.78. The number of unbranched alkanes of at least 4 members (excludes halogenated alkanes) is 1. The first-order chi connectivity index (χ1) is 14.3. The Balaban J connectivity index is 1.82. The van der Waals surface area contributed by atoms with E-state index in [2.05, 4.69) is 27.9 Å². The molecule has 2 rings (SSSR count). The number of benzene rings is 2. The lowest BCUT2D eigenvalue weighted by molar-refractivity contribution is -0.137. The maximum atomic E-state index is 12.6. The molecule has 0 bridgehead atoms. The Morgan fingerprint density at radius 3 is 1.90 bits per heavy atom. The highest BCUT2D eigenvalue weighted by Crippen LogP contribution is 2.29. The van der Waals surface area contributed by atoms with Crippen LogP contribution in [0, 0.1) is 0 Å². The second kappa shape index (κ2) is 11.2. The van der Waals surface area contributed by atoms with Crippen LogP contribution in [-0.2, 0) is 19.3 Å². The van der Waals surface area contributed by atoms with Gasteiger partial charge in [0.05, 0.1) is 5.56 Å². The predicted octanol–water partition coefficient (Wildman–Crippen LogP) is 4.10. The highest BCUT2D eigenvalue weighted by atomic mass is 19.4. The van der Waals surface area contributed by atoms with Crippen molar-refractivity contribution in [2.45, 2.75) is 39.0 Å². The van der Waals surface area contributed by atoms with Gasteiger partial charge in [0, 0.05) is 32.2 Å². The Hall–Kier alpha value is -3.03. The van der Waals surface area contributed by atoms with Gasteiger partial charge in [-0.1, -0.05) is 37.6 Å². The lowest BCUT2D eigenvalue weighted by atomic mass is 10.1.